The van der Waals surface area contributed by atoms with Crippen molar-refractivity contribution in [1.29, 1.82) is 0 Å². The summed E-state index contributed by atoms with van der Waals surface area (Å²) in [6.45, 7) is 1.60. The molecule has 3 aromatic carbocycles. The van der Waals surface area contributed by atoms with Crippen LogP contribution in [0.4, 0.5) is 11.4 Å². The van der Waals surface area contributed by atoms with E-state index < -0.39 is 30.9 Å². The van der Waals surface area contributed by atoms with Crippen LogP contribution in [0.5, 0.6) is 5.75 Å². The van der Waals surface area contributed by atoms with Crippen LogP contribution in [0.1, 0.15) is 5.56 Å². The number of azo groups is 1. The van der Waals surface area contributed by atoms with Gasteiger partial charge in [-0.25, -0.2) is 0 Å². The Hall–Kier alpha value is -2.86. The number of phenolic OH excluding ortho intramolecular Hbond substituents is 1. The number of aromatic hydroxyl groups is 1. The minimum Gasteiger partial charge on any atom is -0.506 e. The van der Waals surface area contributed by atoms with Crippen molar-refractivity contribution in [1.82, 2.24) is 0 Å². The van der Waals surface area contributed by atoms with E-state index in [9.17, 15) is 26.5 Å². The molecule has 0 heterocycles. The van der Waals surface area contributed by atoms with Gasteiger partial charge in [0.1, 0.15) is 10.6 Å². The topological polar surface area (TPSA) is 154 Å². The maximum Gasteiger partial charge on any atom is 0.298 e. The highest BCUT2D eigenvalue weighted by Gasteiger charge is 2.19. The van der Waals surface area contributed by atoms with Crippen LogP contribution in [0.15, 0.2) is 68.6 Å². The van der Waals surface area contributed by atoms with Gasteiger partial charge in [-0.05, 0) is 54.3 Å². The van der Waals surface area contributed by atoms with Gasteiger partial charge in [-0.15, -0.1) is 0 Å². The number of hydrogen-bond acceptors (Lipinski definition) is 7. The molecule has 11 heteroatoms. The third kappa shape index (κ3) is 4.02. The number of rotatable bonds is 4. The largest absolute Gasteiger partial charge is 0.506 e. The van der Waals surface area contributed by atoms with Crippen LogP contribution in [0, 0.1) is 6.92 Å². The van der Waals surface area contributed by atoms with Gasteiger partial charge in [-0.3, -0.25) is 9.11 Å². The van der Waals surface area contributed by atoms with Crippen LogP contribution >= 0.6 is 0 Å². The molecule has 0 aliphatic carbocycles. The molecule has 0 amide bonds. The predicted octanol–water partition coefficient (Wildman–Crippen LogP) is 3.76. The van der Waals surface area contributed by atoms with E-state index in [4.69, 9.17) is 4.55 Å². The summed E-state index contributed by atoms with van der Waals surface area (Å²) in [6.07, 6.45) is 0. The fourth-order valence-electron chi connectivity index (χ4n) is 2.62. The van der Waals surface area contributed by atoms with E-state index in [0.29, 0.717) is 22.3 Å². The van der Waals surface area contributed by atoms with Crippen molar-refractivity contribution in [3.05, 3.63) is 54.1 Å². The zero-order valence-corrected chi connectivity index (χ0v) is 15.9. The van der Waals surface area contributed by atoms with Crippen molar-refractivity contribution < 1.29 is 31.0 Å². The summed E-state index contributed by atoms with van der Waals surface area (Å²) in [5.74, 6) is -0.570. The molecule has 0 atom stereocenters. The molecule has 3 N–H and O–H groups in total. The Bertz CT molecular complexity index is 1330. The fraction of sp³-hybridized carbons (Fsp3) is 0.0588. The molecule has 0 unspecified atom stereocenters. The van der Waals surface area contributed by atoms with Gasteiger partial charge < -0.3 is 5.11 Å². The van der Waals surface area contributed by atoms with Crippen LogP contribution in [0.25, 0.3) is 10.8 Å². The maximum absolute atomic E-state index is 11.5. The number of phenols is 1. The zero-order chi connectivity index (χ0) is 20.7. The van der Waals surface area contributed by atoms with E-state index >= 15 is 0 Å². The van der Waals surface area contributed by atoms with E-state index in [2.05, 4.69) is 10.2 Å². The molecule has 9 nitrogen and oxygen atoms in total. The summed E-state index contributed by atoms with van der Waals surface area (Å²) in [6, 6.07) is 10.8. The smallest absolute Gasteiger partial charge is 0.298 e. The SMILES string of the molecule is Cc1cc(S(=O)(=O)O)ccc1N=Nc1ccc2c(S(=O)(=O)O)c(O)ccc2c1. The Balaban J connectivity index is 2.01. The second-order valence-corrected chi connectivity index (χ2v) is 8.70. The van der Waals surface area contributed by atoms with Gasteiger partial charge in [-0.1, -0.05) is 12.1 Å². The van der Waals surface area contributed by atoms with Crippen molar-refractivity contribution in [3.63, 3.8) is 0 Å². The van der Waals surface area contributed by atoms with Gasteiger partial charge in [0.25, 0.3) is 20.2 Å². The lowest BCUT2D eigenvalue weighted by molar-refractivity contribution is 0.445. The maximum atomic E-state index is 11.5. The molecule has 28 heavy (non-hydrogen) atoms. The Labute approximate surface area is 160 Å². The van der Waals surface area contributed by atoms with Crippen LogP contribution < -0.4 is 0 Å². The van der Waals surface area contributed by atoms with Gasteiger partial charge in [0, 0.05) is 5.39 Å². The molecule has 0 aliphatic heterocycles. The Morgan fingerprint density at radius 1 is 0.821 bits per heavy atom. The van der Waals surface area contributed by atoms with E-state index in [1.54, 1.807) is 6.92 Å². The molecule has 146 valence electrons. The van der Waals surface area contributed by atoms with Crippen LogP contribution in [0.2, 0.25) is 0 Å². The first kappa shape index (κ1) is 19.9. The van der Waals surface area contributed by atoms with Crippen LogP contribution in [0.3, 0.4) is 0 Å². The molecule has 0 radical (unpaired) electrons. The molecular formula is C17H14N2O7S2. The van der Waals surface area contributed by atoms with Crippen LogP contribution in [-0.4, -0.2) is 31.0 Å². The molecule has 0 aromatic heterocycles. The lowest BCUT2D eigenvalue weighted by atomic mass is 10.1. The molecule has 0 spiro atoms. The number of fused-ring (bicyclic) bond motifs is 1. The molecule has 3 aromatic rings. The normalized spacial score (nSPS) is 12.7. The molecule has 0 saturated heterocycles. The summed E-state index contributed by atoms with van der Waals surface area (Å²) >= 11 is 0. The summed E-state index contributed by atoms with van der Waals surface area (Å²) in [5, 5.41) is 18.3. The van der Waals surface area contributed by atoms with Gasteiger partial charge in [0.05, 0.1) is 16.3 Å². The van der Waals surface area contributed by atoms with E-state index in [1.807, 2.05) is 0 Å². The molecule has 0 saturated carbocycles. The highest BCUT2D eigenvalue weighted by molar-refractivity contribution is 7.86. The minimum atomic E-state index is -4.62. The second kappa shape index (κ2) is 6.95. The van der Waals surface area contributed by atoms with Gasteiger partial charge >= 0.3 is 0 Å². The first-order valence-corrected chi connectivity index (χ1v) is 10.6. The summed E-state index contributed by atoms with van der Waals surface area (Å²) in [4.78, 5) is -0.850. The predicted molar refractivity (Wildman–Crippen MR) is 101 cm³/mol. The van der Waals surface area contributed by atoms with Crippen molar-refractivity contribution in [2.45, 2.75) is 16.7 Å². The van der Waals surface area contributed by atoms with Crippen LogP contribution in [-0.2, 0) is 20.2 Å². The Morgan fingerprint density at radius 3 is 2.14 bits per heavy atom. The van der Waals surface area contributed by atoms with Gasteiger partial charge in [-0.2, -0.15) is 27.1 Å². The summed E-state index contributed by atoms with van der Waals surface area (Å²) < 4.78 is 63.6. The molecule has 0 bridgehead atoms. The summed E-state index contributed by atoms with van der Waals surface area (Å²) in [5.41, 5.74) is 1.20. The average Bonchev–Trinajstić information content (AvgIpc) is 2.58. The van der Waals surface area contributed by atoms with Crippen molar-refractivity contribution in [2.24, 2.45) is 10.2 Å². The third-order valence-corrected chi connectivity index (χ3v) is 5.73. The Morgan fingerprint density at radius 2 is 1.54 bits per heavy atom. The van der Waals surface area contributed by atoms with Gasteiger partial charge in [0.2, 0.25) is 0 Å². The monoisotopic (exact) mass is 422 g/mol. The highest BCUT2D eigenvalue weighted by atomic mass is 32.2. The van der Waals surface area contributed by atoms with E-state index in [0.717, 1.165) is 6.07 Å². The van der Waals surface area contributed by atoms with Crippen molar-refractivity contribution in [2.75, 3.05) is 0 Å². The molecular weight excluding hydrogens is 408 g/mol. The lowest BCUT2D eigenvalue weighted by Gasteiger charge is -2.07. The fourth-order valence-corrected chi connectivity index (χ4v) is 3.98. The van der Waals surface area contributed by atoms with E-state index in [1.165, 1.54) is 42.5 Å². The standard InChI is InChI=1S/C17H14N2O7S2/c1-10-8-13(27(21,22)23)4-6-15(10)19-18-12-3-5-14-11(9-12)2-7-16(20)17(14)28(24,25)26/h2-9,20H,1H3,(H,21,22,23)(H,24,25,26). The first-order valence-electron chi connectivity index (χ1n) is 7.70. The number of benzene rings is 3. The van der Waals surface area contributed by atoms with Gasteiger partial charge in [0.15, 0.2) is 0 Å². The molecule has 3 rings (SSSR count). The average molecular weight is 422 g/mol. The second-order valence-electron chi connectivity index (χ2n) is 5.92. The molecule has 0 fully saturated rings. The summed E-state index contributed by atoms with van der Waals surface area (Å²) in [7, 11) is -8.94. The van der Waals surface area contributed by atoms with E-state index in [-0.39, 0.29) is 10.3 Å². The zero-order valence-electron chi connectivity index (χ0n) is 14.3. The van der Waals surface area contributed by atoms with Crippen molar-refractivity contribution in [3.8, 4) is 5.75 Å². The number of nitrogens with zero attached hydrogens (tertiary/aromatic N) is 2. The number of aryl methyl sites for hydroxylation is 1. The first-order chi connectivity index (χ1) is 13.0. The number of hydrogen-bond donors (Lipinski definition) is 3. The quantitative estimate of drug-likeness (QED) is 0.427. The minimum absolute atomic E-state index is 0.120. The molecule has 0 aliphatic rings. The Kier molecular flexibility index (Phi) is 4.93. The third-order valence-electron chi connectivity index (χ3n) is 3.93. The van der Waals surface area contributed by atoms with Crippen molar-refractivity contribution >= 4 is 42.4 Å². The highest BCUT2D eigenvalue weighted by Crippen LogP contribution is 2.33. The lowest BCUT2D eigenvalue weighted by Crippen LogP contribution is -1.99.